The van der Waals surface area contributed by atoms with Gasteiger partial charge in [-0.15, -0.1) is 0 Å². The number of sulfone groups is 1. The fourth-order valence-electron chi connectivity index (χ4n) is 3.31. The molecule has 0 spiro atoms. The van der Waals surface area contributed by atoms with E-state index in [4.69, 9.17) is 18.6 Å². The molecule has 2 aromatic rings. The number of benzene rings is 2. The molecule has 18 nitrogen and oxygen atoms in total. The van der Waals surface area contributed by atoms with Crippen molar-refractivity contribution in [2.75, 3.05) is 31.6 Å². The smallest absolute Gasteiger partial charge is 0.397 e. The van der Waals surface area contributed by atoms with E-state index in [0.29, 0.717) is 5.01 Å². The molecule has 222 valence electrons. The van der Waals surface area contributed by atoms with Gasteiger partial charge in [-0.05, 0) is 24.3 Å². The van der Waals surface area contributed by atoms with Crippen LogP contribution < -0.4 is 14.5 Å². The molecule has 2 aromatic carbocycles. The van der Waals surface area contributed by atoms with E-state index in [0.717, 1.165) is 50.6 Å². The first-order valence-electron chi connectivity index (χ1n) is 10.7. The number of hydrogen-bond acceptors (Lipinski definition) is 14. The Morgan fingerprint density at radius 1 is 1.00 bits per heavy atom. The van der Waals surface area contributed by atoms with Crippen LogP contribution in [0.3, 0.4) is 0 Å². The number of carbonyl (C=O) groups is 2. The molecule has 1 aliphatic heterocycles. The van der Waals surface area contributed by atoms with Crippen LogP contribution >= 0.6 is 0 Å². The lowest BCUT2D eigenvalue weighted by molar-refractivity contribution is -0.130. The molecule has 0 saturated carbocycles. The van der Waals surface area contributed by atoms with Gasteiger partial charge in [0, 0.05) is 12.1 Å². The normalized spacial score (nSPS) is 16.2. The largest absolute Gasteiger partial charge is 0.495 e. The Bertz CT molecular complexity index is 1750. The van der Waals surface area contributed by atoms with Crippen LogP contribution in [-0.2, 0) is 44.1 Å². The van der Waals surface area contributed by atoms with Gasteiger partial charge in [-0.3, -0.25) is 13.9 Å². The monoisotopic (exact) mass is 636 g/mol. The molecule has 0 fully saturated rings. The number of hydrogen-bond donors (Lipinski definition) is 3. The lowest BCUT2D eigenvalue weighted by Crippen LogP contribution is -2.33. The molecule has 0 unspecified atom stereocenters. The third kappa shape index (κ3) is 7.39. The van der Waals surface area contributed by atoms with Crippen molar-refractivity contribution in [1.29, 1.82) is 0 Å². The van der Waals surface area contributed by atoms with Gasteiger partial charge in [0.2, 0.25) is 6.04 Å². The maximum atomic E-state index is 13.0. The minimum absolute atomic E-state index is 0.0503. The Morgan fingerprint density at radius 2 is 1.61 bits per heavy atom. The van der Waals surface area contributed by atoms with Crippen LogP contribution in [0.2, 0.25) is 0 Å². The van der Waals surface area contributed by atoms with Crippen LogP contribution in [0.25, 0.3) is 0 Å². The van der Waals surface area contributed by atoms with Crippen LogP contribution in [0.1, 0.15) is 0 Å². The van der Waals surface area contributed by atoms with Crippen LogP contribution in [0.15, 0.2) is 61.5 Å². The number of carboxylic acids is 1. The van der Waals surface area contributed by atoms with Crippen molar-refractivity contribution >= 4 is 59.3 Å². The minimum Gasteiger partial charge on any atom is -0.495 e. The summed E-state index contributed by atoms with van der Waals surface area (Å²) >= 11 is 0. The second-order valence-corrected chi connectivity index (χ2v) is 12.4. The maximum Gasteiger partial charge on any atom is 0.397 e. The molecule has 21 heteroatoms. The molecule has 1 heterocycles. The number of nitrogens with zero attached hydrogens (tertiary/aromatic N) is 4. The number of ether oxygens (including phenoxy) is 2. The number of rotatable bonds is 12. The van der Waals surface area contributed by atoms with Crippen molar-refractivity contribution in [3.05, 3.63) is 36.4 Å². The van der Waals surface area contributed by atoms with Crippen molar-refractivity contribution < 1.29 is 62.7 Å². The van der Waals surface area contributed by atoms with E-state index in [1.807, 2.05) is 0 Å². The summed E-state index contributed by atoms with van der Waals surface area (Å²) in [6.07, 6.45) is 0. The molecule has 3 N–H and O–H groups in total. The van der Waals surface area contributed by atoms with Gasteiger partial charge in [0.25, 0.3) is 16.0 Å². The van der Waals surface area contributed by atoms with Gasteiger partial charge in [-0.2, -0.15) is 37.2 Å². The lowest BCUT2D eigenvalue weighted by Gasteiger charge is -2.14. The predicted octanol–water partition coefficient (Wildman–Crippen LogP) is 0.483. The number of carboxylic acid groups (broad SMARTS) is 1. The molecular weight excluding hydrogens is 616 g/mol. The molecular formula is C20H20N4O14S3. The highest BCUT2D eigenvalue weighted by molar-refractivity contribution is 7.91. The van der Waals surface area contributed by atoms with Gasteiger partial charge in [-0.1, -0.05) is 0 Å². The summed E-state index contributed by atoms with van der Waals surface area (Å²) in [5.74, 6) is -4.03. The second kappa shape index (κ2) is 11.8. The van der Waals surface area contributed by atoms with E-state index >= 15 is 0 Å². The van der Waals surface area contributed by atoms with Crippen molar-refractivity contribution in [2.24, 2.45) is 15.3 Å². The zero-order valence-electron chi connectivity index (χ0n) is 20.8. The molecule has 0 aliphatic carbocycles. The van der Waals surface area contributed by atoms with Crippen molar-refractivity contribution in [3.8, 4) is 11.5 Å². The van der Waals surface area contributed by atoms with Gasteiger partial charge in [0.05, 0.1) is 37.2 Å². The Hall–Kier alpha value is -4.02. The fraction of sp³-hybridized carbons (Fsp3) is 0.250. The van der Waals surface area contributed by atoms with Crippen LogP contribution in [0.4, 0.5) is 11.4 Å². The predicted molar refractivity (Wildman–Crippen MR) is 136 cm³/mol. The van der Waals surface area contributed by atoms with Gasteiger partial charge in [-0.25, -0.2) is 17.4 Å². The third-order valence-electron chi connectivity index (χ3n) is 5.17. The highest BCUT2D eigenvalue weighted by Gasteiger charge is 2.41. The number of anilines is 1. The van der Waals surface area contributed by atoms with E-state index in [1.54, 1.807) is 0 Å². The Morgan fingerprint density at radius 3 is 2.12 bits per heavy atom. The first-order valence-corrected chi connectivity index (χ1v) is 15.2. The number of hydrazone groups is 1. The summed E-state index contributed by atoms with van der Waals surface area (Å²) < 4.78 is 101. The van der Waals surface area contributed by atoms with E-state index in [2.05, 4.69) is 19.5 Å². The topological polar surface area (TPSA) is 265 Å². The number of carbonyl (C=O) groups excluding carboxylic acids is 1. The zero-order valence-corrected chi connectivity index (χ0v) is 23.3. The molecule has 1 amide bonds. The van der Waals surface area contributed by atoms with Crippen LogP contribution in [0.5, 0.6) is 11.5 Å². The van der Waals surface area contributed by atoms with Crippen molar-refractivity contribution in [2.45, 2.75) is 15.8 Å². The third-order valence-corrected chi connectivity index (χ3v) is 8.20. The number of methoxy groups -OCH3 is 2. The fourth-order valence-corrected chi connectivity index (χ4v) is 5.44. The molecule has 0 saturated heterocycles. The first kappa shape index (κ1) is 31.5. The number of amides is 1. The number of aliphatic carboxylic acids is 1. The summed E-state index contributed by atoms with van der Waals surface area (Å²) in [7, 11) is -11.4. The second-order valence-electron chi connectivity index (χ2n) is 7.77. The maximum absolute atomic E-state index is 13.0. The van der Waals surface area contributed by atoms with Gasteiger partial charge in [0.15, 0.2) is 15.5 Å². The molecule has 41 heavy (non-hydrogen) atoms. The van der Waals surface area contributed by atoms with Crippen molar-refractivity contribution in [1.82, 2.24) is 0 Å². The average molecular weight is 637 g/mol. The van der Waals surface area contributed by atoms with Gasteiger partial charge in [0.1, 0.15) is 22.1 Å². The molecule has 1 aliphatic rings. The minimum atomic E-state index is -4.89. The molecule has 1 atom stereocenters. The van der Waals surface area contributed by atoms with Gasteiger partial charge < -0.3 is 14.6 Å². The quantitative estimate of drug-likeness (QED) is 0.211. The Kier molecular flexibility index (Phi) is 9.10. The zero-order chi connectivity index (χ0) is 30.8. The Balaban J connectivity index is 1.95. The van der Waals surface area contributed by atoms with Crippen LogP contribution in [0, 0.1) is 0 Å². The van der Waals surface area contributed by atoms with E-state index in [1.165, 1.54) is 0 Å². The van der Waals surface area contributed by atoms with E-state index in [9.17, 15) is 39.9 Å². The molecule has 0 radical (unpaired) electrons. The van der Waals surface area contributed by atoms with E-state index in [-0.39, 0.29) is 22.9 Å². The SMILES string of the molecule is COc1cc(S(=O)(=O)CCOS(=O)(=O)O)c(OC)cc1N=N[C@H]1C(=O)N(c2ccc(S(=O)(=O)O)cc2)N=C1C(=O)O. The first-order chi connectivity index (χ1) is 19.0. The summed E-state index contributed by atoms with van der Waals surface area (Å²) in [5, 5.41) is 21.5. The summed E-state index contributed by atoms with van der Waals surface area (Å²) in [6.45, 7) is -0.912. The highest BCUT2D eigenvalue weighted by atomic mass is 32.3. The van der Waals surface area contributed by atoms with Crippen molar-refractivity contribution in [3.63, 3.8) is 0 Å². The molecule has 0 bridgehead atoms. The standard InChI is InChI=1S/C20H20N4O14S3/c1-36-14-10-16(39(28,29)8-7-38-41(33,34)35)15(37-2)9-13(14)21-22-17-18(20(26)27)23-24(19(17)25)11-3-5-12(6-4-11)40(30,31)32/h3-6,9-10,17H,7-8H2,1-2H3,(H,26,27)(H,30,31,32)(H,33,34,35)/t17-/m1/s1. The lowest BCUT2D eigenvalue weighted by atomic mass is 10.2. The highest BCUT2D eigenvalue weighted by Crippen LogP contribution is 2.38. The molecule has 3 rings (SSSR count). The Labute approximate surface area is 232 Å². The molecule has 0 aromatic heterocycles. The number of azo groups is 1. The van der Waals surface area contributed by atoms with Gasteiger partial charge >= 0.3 is 16.4 Å². The van der Waals surface area contributed by atoms with Crippen LogP contribution in [-0.4, -0.2) is 89.7 Å². The summed E-state index contributed by atoms with van der Waals surface area (Å²) in [4.78, 5) is 23.8. The summed E-state index contributed by atoms with van der Waals surface area (Å²) in [6, 6.07) is 4.33. The van der Waals surface area contributed by atoms with E-state index < -0.39 is 76.1 Å². The summed E-state index contributed by atoms with van der Waals surface area (Å²) in [5.41, 5.74) is -1.00. The average Bonchev–Trinajstić information content (AvgIpc) is 3.21.